The summed E-state index contributed by atoms with van der Waals surface area (Å²) in [5.41, 5.74) is 5.45. The van der Waals surface area contributed by atoms with Crippen LogP contribution in [0.15, 0.2) is 12.1 Å². The van der Waals surface area contributed by atoms with Gasteiger partial charge in [-0.25, -0.2) is 13.2 Å². The van der Waals surface area contributed by atoms with Gasteiger partial charge in [-0.3, -0.25) is 9.69 Å². The largest absolute Gasteiger partial charge is 0.489 e. The summed E-state index contributed by atoms with van der Waals surface area (Å²) in [5, 5.41) is 12.9. The van der Waals surface area contributed by atoms with Crippen LogP contribution in [0, 0.1) is 23.0 Å². The Balaban J connectivity index is 1.32. The van der Waals surface area contributed by atoms with Crippen LogP contribution in [0.5, 0.6) is 11.8 Å². The molecular weight excluding hydrogens is 695 g/mol. The van der Waals surface area contributed by atoms with E-state index >= 15 is 8.78 Å². The molecule has 262 valence electrons. The Hall–Kier alpha value is -4.10. The summed E-state index contributed by atoms with van der Waals surface area (Å²) in [7, 11) is 1.55. The van der Waals surface area contributed by atoms with Crippen molar-refractivity contribution in [1.29, 1.82) is 5.26 Å². The second kappa shape index (κ2) is 12.6. The van der Waals surface area contributed by atoms with E-state index in [2.05, 4.69) is 15.2 Å². The monoisotopic (exact) mass is 727 g/mol. The van der Waals surface area contributed by atoms with Crippen LogP contribution in [0.25, 0.3) is 32.1 Å². The highest BCUT2D eigenvalue weighted by Crippen LogP contribution is 2.51. The van der Waals surface area contributed by atoms with E-state index in [9.17, 15) is 14.4 Å². The Bertz CT molecular complexity index is 2100. The number of nitrogens with two attached hydrogens (primary N) is 1. The van der Waals surface area contributed by atoms with Crippen molar-refractivity contribution in [1.82, 2.24) is 20.2 Å². The molecule has 11 nitrogen and oxygen atoms in total. The first-order valence-corrected chi connectivity index (χ1v) is 17.7. The molecule has 4 aromatic rings. The van der Waals surface area contributed by atoms with E-state index in [0.29, 0.717) is 44.8 Å². The average Bonchev–Trinajstić information content (AvgIpc) is 3.71. The first-order chi connectivity index (χ1) is 24.1. The second-order valence-electron chi connectivity index (χ2n) is 13.2. The number of hydrogen-bond donors (Lipinski definition) is 2. The molecule has 4 aliphatic rings. The number of aromatic nitrogens is 2. The minimum Gasteiger partial charge on any atom is -0.489 e. The van der Waals surface area contributed by atoms with Crippen LogP contribution in [0.3, 0.4) is 0 Å². The number of amides is 1. The van der Waals surface area contributed by atoms with Gasteiger partial charge in [0.25, 0.3) is 0 Å². The lowest BCUT2D eigenvalue weighted by Gasteiger charge is -2.37. The molecule has 0 radical (unpaired) electrons. The van der Waals surface area contributed by atoms with Crippen molar-refractivity contribution in [2.75, 3.05) is 57.1 Å². The van der Waals surface area contributed by atoms with Crippen LogP contribution in [-0.2, 0) is 9.53 Å². The first-order valence-electron chi connectivity index (χ1n) is 16.5. The molecule has 1 amide bonds. The van der Waals surface area contributed by atoms with Crippen molar-refractivity contribution in [2.45, 2.75) is 56.0 Å². The second-order valence-corrected chi connectivity index (χ2v) is 14.6. The van der Waals surface area contributed by atoms with Crippen molar-refractivity contribution in [3.63, 3.8) is 0 Å². The van der Waals surface area contributed by atoms with E-state index in [1.54, 1.807) is 7.05 Å². The summed E-state index contributed by atoms with van der Waals surface area (Å²) < 4.78 is 65.3. The fourth-order valence-electron chi connectivity index (χ4n) is 8.15. The summed E-state index contributed by atoms with van der Waals surface area (Å²) in [6.07, 6.45) is 1.20. The molecule has 2 unspecified atom stereocenters. The van der Waals surface area contributed by atoms with Crippen molar-refractivity contribution in [3.05, 3.63) is 34.4 Å². The van der Waals surface area contributed by atoms with E-state index in [0.717, 1.165) is 30.7 Å². The van der Waals surface area contributed by atoms with Crippen LogP contribution in [-0.4, -0.2) is 91.1 Å². The number of alkyl halides is 1. The van der Waals surface area contributed by atoms with Gasteiger partial charge < -0.3 is 30.2 Å². The first kappa shape index (κ1) is 33.1. The Morgan fingerprint density at radius 3 is 2.92 bits per heavy atom. The number of carbonyl (C=O) groups excluding carboxylic acids is 1. The van der Waals surface area contributed by atoms with Gasteiger partial charge in [-0.05, 0) is 37.4 Å². The predicted octanol–water partition coefficient (Wildman–Crippen LogP) is 5.34. The lowest BCUT2D eigenvalue weighted by molar-refractivity contribution is -0.135. The molecular formula is C34H33ClF3N7O4S. The van der Waals surface area contributed by atoms with Gasteiger partial charge in [-0.1, -0.05) is 17.7 Å². The minimum absolute atomic E-state index is 0.00807. The lowest BCUT2D eigenvalue weighted by atomic mass is 9.95. The number of nitrogens with zero attached hydrogens (tertiary/aromatic N) is 5. The molecule has 0 spiro atoms. The van der Waals surface area contributed by atoms with Gasteiger partial charge in [0.05, 0.1) is 32.8 Å². The molecule has 3 saturated heterocycles. The number of nitrogens with one attached hydrogen (secondary N) is 1. The number of nitrogen functional groups attached to an aromatic ring is 1. The molecule has 16 heteroatoms. The third-order valence-electron chi connectivity index (χ3n) is 10.5. The molecule has 8 rings (SSSR count). The third-order valence-corrected chi connectivity index (χ3v) is 11.8. The number of hydrogen-bond acceptors (Lipinski definition) is 11. The SMILES string of the molecule is CNC(=O)C1CC(N2CCOc3c(Cl)c(-c4ccc(F)c5sc(N)c(C#N)c45)c(F)c4nc(OC[C@@]56CCCN5C[C@H](F)C6)nc2c34)CCO1. The van der Waals surface area contributed by atoms with Gasteiger partial charge in [-0.2, -0.15) is 15.2 Å². The van der Waals surface area contributed by atoms with E-state index in [1.165, 1.54) is 12.1 Å². The van der Waals surface area contributed by atoms with Crippen LogP contribution in [0.1, 0.15) is 37.7 Å². The van der Waals surface area contributed by atoms with E-state index in [4.69, 9.17) is 36.5 Å². The van der Waals surface area contributed by atoms with Gasteiger partial charge in [0.15, 0.2) is 11.6 Å². The quantitative estimate of drug-likeness (QED) is 0.268. The molecule has 2 aromatic heterocycles. The highest BCUT2D eigenvalue weighted by atomic mass is 35.5. The fraction of sp³-hybridized carbons (Fsp3) is 0.471. The molecule has 0 bridgehead atoms. The maximum atomic E-state index is 17.3. The van der Waals surface area contributed by atoms with Gasteiger partial charge in [0.2, 0.25) is 5.91 Å². The number of thiophene rings is 1. The molecule has 4 aliphatic heterocycles. The number of carbonyl (C=O) groups is 1. The summed E-state index contributed by atoms with van der Waals surface area (Å²) in [6.45, 7) is 1.94. The van der Waals surface area contributed by atoms with Crippen LogP contribution in [0.4, 0.5) is 24.0 Å². The zero-order valence-corrected chi connectivity index (χ0v) is 28.6. The standard InChI is InChI=1S/C34H33ClF3N7O4S/c1-41-32(46)21-11-17(5-9-47-21)45-8-10-48-28-24-27(42-33(43-31(24)45)49-15-34-6-2-7-44(34)14-16(36)12-34)26(38)23(25(28)35)18-3-4-20(37)29-22(18)19(13-39)30(40)50-29/h3-4,16-17,21H,2,5-12,14-15,40H2,1H3,(H,41,46)/t16-,17?,21?,34+/m1/s1. The van der Waals surface area contributed by atoms with Gasteiger partial charge in [0, 0.05) is 50.0 Å². The Labute approximate surface area is 294 Å². The van der Waals surface area contributed by atoms with Gasteiger partial charge in [-0.15, -0.1) is 11.3 Å². The molecule has 4 atom stereocenters. The minimum atomic E-state index is -0.975. The Morgan fingerprint density at radius 1 is 1.28 bits per heavy atom. The smallest absolute Gasteiger partial charge is 0.319 e. The van der Waals surface area contributed by atoms with E-state index in [1.807, 2.05) is 11.0 Å². The van der Waals surface area contributed by atoms with Gasteiger partial charge in [0.1, 0.15) is 53.7 Å². The number of likely N-dealkylation sites (N-methyl/N-ethyl adjacent to an activating group) is 1. The molecule has 50 heavy (non-hydrogen) atoms. The zero-order valence-electron chi connectivity index (χ0n) is 27.0. The van der Waals surface area contributed by atoms with Crippen molar-refractivity contribution < 1.29 is 32.2 Å². The highest BCUT2D eigenvalue weighted by Gasteiger charge is 2.49. The molecule has 0 saturated carbocycles. The van der Waals surface area contributed by atoms with Gasteiger partial charge >= 0.3 is 6.01 Å². The lowest BCUT2D eigenvalue weighted by Crippen LogP contribution is -2.48. The van der Waals surface area contributed by atoms with Crippen molar-refractivity contribution in [2.24, 2.45) is 0 Å². The molecule has 6 heterocycles. The van der Waals surface area contributed by atoms with Crippen LogP contribution < -0.4 is 25.4 Å². The topological polar surface area (TPSA) is 139 Å². The maximum absolute atomic E-state index is 17.3. The number of benzene rings is 2. The number of anilines is 2. The van der Waals surface area contributed by atoms with Crippen LogP contribution in [0.2, 0.25) is 5.02 Å². The number of halogens is 4. The summed E-state index contributed by atoms with van der Waals surface area (Å²) in [6, 6.07) is 4.20. The normalized spacial score (nSPS) is 25.0. The predicted molar refractivity (Wildman–Crippen MR) is 183 cm³/mol. The third kappa shape index (κ3) is 5.18. The van der Waals surface area contributed by atoms with E-state index < -0.39 is 29.4 Å². The number of nitriles is 1. The number of fused-ring (bicyclic) bond motifs is 2. The summed E-state index contributed by atoms with van der Waals surface area (Å²) in [5.74, 6) is -1.29. The molecule has 3 fully saturated rings. The molecule has 0 aliphatic carbocycles. The average molecular weight is 728 g/mol. The summed E-state index contributed by atoms with van der Waals surface area (Å²) >= 11 is 7.93. The van der Waals surface area contributed by atoms with Crippen LogP contribution >= 0.6 is 22.9 Å². The Morgan fingerprint density at radius 2 is 2.12 bits per heavy atom. The highest BCUT2D eigenvalue weighted by molar-refractivity contribution is 7.23. The maximum Gasteiger partial charge on any atom is 0.319 e. The molecule has 3 N–H and O–H groups in total. The molecule has 2 aromatic carbocycles. The number of ether oxygens (including phenoxy) is 3. The van der Waals surface area contributed by atoms with E-state index in [-0.39, 0.29) is 84.6 Å². The number of rotatable bonds is 6. The van der Waals surface area contributed by atoms with Crippen molar-refractivity contribution in [3.8, 4) is 29.0 Å². The summed E-state index contributed by atoms with van der Waals surface area (Å²) in [4.78, 5) is 26.1. The Kier molecular flexibility index (Phi) is 8.33. The fourth-order valence-corrected chi connectivity index (χ4v) is 9.43. The van der Waals surface area contributed by atoms with Crippen molar-refractivity contribution >= 4 is 60.7 Å². The zero-order chi connectivity index (χ0) is 34.9.